The lowest BCUT2D eigenvalue weighted by Gasteiger charge is -2.43. The standard InChI is InChI=1S/C18H28FNO/c1-14-12-16(19)9-8-15(14)13-17(21)18(20(2)3)10-6-4-5-7-11-18/h8-9,12,17,21H,4-7,10-11,13H2,1-3H3. The van der Waals surface area contributed by atoms with Crippen LogP contribution in [-0.2, 0) is 6.42 Å². The zero-order chi connectivity index (χ0) is 15.5. The summed E-state index contributed by atoms with van der Waals surface area (Å²) >= 11 is 0. The summed E-state index contributed by atoms with van der Waals surface area (Å²) in [6.07, 6.45) is 7.16. The first kappa shape index (κ1) is 16.4. The van der Waals surface area contributed by atoms with Gasteiger partial charge < -0.3 is 10.0 Å². The molecule has 0 saturated heterocycles. The van der Waals surface area contributed by atoms with Gasteiger partial charge in [-0.25, -0.2) is 4.39 Å². The zero-order valence-electron chi connectivity index (χ0n) is 13.5. The third kappa shape index (κ3) is 3.64. The molecular formula is C18H28FNO. The molecule has 1 aromatic carbocycles. The Morgan fingerprint density at radius 1 is 1.19 bits per heavy atom. The van der Waals surface area contributed by atoms with Gasteiger partial charge in [-0.05, 0) is 57.1 Å². The summed E-state index contributed by atoms with van der Waals surface area (Å²) in [5.74, 6) is -0.206. The predicted molar refractivity (Wildman–Crippen MR) is 85.0 cm³/mol. The van der Waals surface area contributed by atoms with Crippen LogP contribution in [0.4, 0.5) is 4.39 Å². The highest BCUT2D eigenvalue weighted by molar-refractivity contribution is 5.27. The van der Waals surface area contributed by atoms with Crippen LogP contribution in [0.1, 0.15) is 49.7 Å². The maximum absolute atomic E-state index is 13.2. The summed E-state index contributed by atoms with van der Waals surface area (Å²) in [5, 5.41) is 10.9. The van der Waals surface area contributed by atoms with Crippen molar-refractivity contribution in [2.75, 3.05) is 14.1 Å². The minimum absolute atomic E-state index is 0.142. The van der Waals surface area contributed by atoms with Crippen molar-refractivity contribution >= 4 is 0 Å². The molecule has 1 unspecified atom stereocenters. The first-order chi connectivity index (χ1) is 9.95. The molecule has 1 aliphatic carbocycles. The molecule has 1 aromatic rings. The number of likely N-dealkylation sites (N-methyl/N-ethyl adjacent to an activating group) is 1. The van der Waals surface area contributed by atoms with Crippen LogP contribution in [-0.4, -0.2) is 35.7 Å². The van der Waals surface area contributed by atoms with Gasteiger partial charge in [0.25, 0.3) is 0 Å². The van der Waals surface area contributed by atoms with E-state index in [-0.39, 0.29) is 11.4 Å². The third-order valence-corrected chi connectivity index (χ3v) is 5.20. The summed E-state index contributed by atoms with van der Waals surface area (Å²) < 4.78 is 13.2. The summed E-state index contributed by atoms with van der Waals surface area (Å²) in [6.45, 7) is 1.92. The van der Waals surface area contributed by atoms with Gasteiger partial charge in [-0.1, -0.05) is 31.7 Å². The van der Waals surface area contributed by atoms with Gasteiger partial charge in [0.2, 0.25) is 0 Å². The Hall–Kier alpha value is -0.930. The average molecular weight is 293 g/mol. The van der Waals surface area contributed by atoms with Gasteiger partial charge in [-0.2, -0.15) is 0 Å². The highest BCUT2D eigenvalue weighted by atomic mass is 19.1. The molecule has 21 heavy (non-hydrogen) atoms. The minimum atomic E-state index is -0.408. The van der Waals surface area contributed by atoms with Crippen LogP contribution < -0.4 is 0 Å². The van der Waals surface area contributed by atoms with Crippen LogP contribution in [0, 0.1) is 12.7 Å². The van der Waals surface area contributed by atoms with E-state index in [1.807, 2.05) is 13.0 Å². The number of hydrogen-bond acceptors (Lipinski definition) is 2. The van der Waals surface area contributed by atoms with Gasteiger partial charge in [0, 0.05) is 12.0 Å². The van der Waals surface area contributed by atoms with Crippen LogP contribution in [0.2, 0.25) is 0 Å². The second kappa shape index (κ2) is 6.89. The van der Waals surface area contributed by atoms with Crippen molar-refractivity contribution < 1.29 is 9.50 Å². The molecule has 1 fully saturated rings. The average Bonchev–Trinajstić information content (AvgIpc) is 2.68. The molecule has 1 aliphatic rings. The van der Waals surface area contributed by atoms with Crippen molar-refractivity contribution in [1.29, 1.82) is 0 Å². The van der Waals surface area contributed by atoms with E-state index in [1.54, 1.807) is 6.07 Å². The monoisotopic (exact) mass is 293 g/mol. The third-order valence-electron chi connectivity index (χ3n) is 5.20. The number of nitrogens with zero attached hydrogens (tertiary/aromatic N) is 1. The Morgan fingerprint density at radius 2 is 1.81 bits per heavy atom. The molecule has 1 saturated carbocycles. The Morgan fingerprint density at radius 3 is 2.33 bits per heavy atom. The van der Waals surface area contributed by atoms with Crippen molar-refractivity contribution in [1.82, 2.24) is 4.90 Å². The zero-order valence-corrected chi connectivity index (χ0v) is 13.5. The molecule has 0 bridgehead atoms. The summed E-state index contributed by atoms with van der Waals surface area (Å²) in [4.78, 5) is 2.21. The number of aliphatic hydroxyl groups excluding tert-OH is 1. The molecule has 3 heteroatoms. The SMILES string of the molecule is Cc1cc(F)ccc1CC(O)C1(N(C)C)CCCCCC1. The number of benzene rings is 1. The highest BCUT2D eigenvalue weighted by Gasteiger charge is 2.40. The lowest BCUT2D eigenvalue weighted by atomic mass is 9.80. The first-order valence-corrected chi connectivity index (χ1v) is 8.06. The Bertz CT molecular complexity index is 464. The quantitative estimate of drug-likeness (QED) is 0.856. The molecule has 1 atom stereocenters. The lowest BCUT2D eigenvalue weighted by Crippen LogP contribution is -2.54. The fraction of sp³-hybridized carbons (Fsp3) is 0.667. The fourth-order valence-corrected chi connectivity index (χ4v) is 3.71. The summed E-state index contributed by atoms with van der Waals surface area (Å²) in [5.41, 5.74) is 1.84. The summed E-state index contributed by atoms with van der Waals surface area (Å²) in [7, 11) is 4.15. The number of hydrogen-bond donors (Lipinski definition) is 1. The number of aliphatic hydroxyl groups is 1. The van der Waals surface area contributed by atoms with Crippen LogP contribution >= 0.6 is 0 Å². The van der Waals surface area contributed by atoms with Crippen molar-refractivity contribution in [3.8, 4) is 0 Å². The smallest absolute Gasteiger partial charge is 0.123 e. The van der Waals surface area contributed by atoms with Crippen LogP contribution in [0.3, 0.4) is 0 Å². The van der Waals surface area contributed by atoms with E-state index in [0.29, 0.717) is 6.42 Å². The minimum Gasteiger partial charge on any atom is -0.391 e. The van der Waals surface area contributed by atoms with Crippen molar-refractivity contribution in [3.63, 3.8) is 0 Å². The largest absolute Gasteiger partial charge is 0.391 e. The van der Waals surface area contributed by atoms with Gasteiger partial charge in [0.15, 0.2) is 0 Å². The maximum Gasteiger partial charge on any atom is 0.123 e. The van der Waals surface area contributed by atoms with Crippen LogP contribution in [0.5, 0.6) is 0 Å². The van der Waals surface area contributed by atoms with Crippen LogP contribution in [0.15, 0.2) is 18.2 Å². The highest BCUT2D eigenvalue weighted by Crippen LogP contribution is 2.35. The molecule has 2 nitrogen and oxygen atoms in total. The molecule has 0 heterocycles. The number of aryl methyl sites for hydroxylation is 1. The van der Waals surface area contributed by atoms with E-state index in [1.165, 1.54) is 31.7 Å². The second-order valence-corrected chi connectivity index (χ2v) is 6.70. The molecule has 2 rings (SSSR count). The Balaban J connectivity index is 2.20. The van der Waals surface area contributed by atoms with E-state index in [2.05, 4.69) is 19.0 Å². The van der Waals surface area contributed by atoms with Crippen molar-refractivity contribution in [2.45, 2.75) is 63.5 Å². The molecular weight excluding hydrogens is 265 g/mol. The Kier molecular flexibility index (Phi) is 5.39. The van der Waals surface area contributed by atoms with E-state index < -0.39 is 6.10 Å². The predicted octanol–water partition coefficient (Wildman–Crippen LogP) is 3.69. The molecule has 0 aromatic heterocycles. The van der Waals surface area contributed by atoms with Gasteiger partial charge in [-0.15, -0.1) is 0 Å². The van der Waals surface area contributed by atoms with Crippen LogP contribution in [0.25, 0.3) is 0 Å². The van der Waals surface area contributed by atoms with Crippen molar-refractivity contribution in [2.24, 2.45) is 0 Å². The molecule has 118 valence electrons. The summed E-state index contributed by atoms with van der Waals surface area (Å²) in [6, 6.07) is 4.86. The molecule has 0 spiro atoms. The Labute approximate surface area is 128 Å². The molecule has 0 aliphatic heterocycles. The van der Waals surface area contributed by atoms with E-state index >= 15 is 0 Å². The fourth-order valence-electron chi connectivity index (χ4n) is 3.71. The molecule has 1 N–H and O–H groups in total. The maximum atomic E-state index is 13.2. The second-order valence-electron chi connectivity index (χ2n) is 6.70. The molecule has 0 radical (unpaired) electrons. The number of rotatable bonds is 4. The lowest BCUT2D eigenvalue weighted by molar-refractivity contribution is -0.0175. The van der Waals surface area contributed by atoms with Crippen molar-refractivity contribution in [3.05, 3.63) is 35.1 Å². The van der Waals surface area contributed by atoms with E-state index in [4.69, 9.17) is 0 Å². The van der Waals surface area contributed by atoms with Gasteiger partial charge >= 0.3 is 0 Å². The van der Waals surface area contributed by atoms with Gasteiger partial charge in [0.05, 0.1) is 6.10 Å². The van der Waals surface area contributed by atoms with Gasteiger partial charge in [0.1, 0.15) is 5.82 Å². The number of halogens is 1. The normalized spacial score (nSPS) is 20.3. The molecule has 0 amide bonds. The van der Waals surface area contributed by atoms with Gasteiger partial charge in [-0.3, -0.25) is 0 Å². The van der Waals surface area contributed by atoms with E-state index in [9.17, 15) is 9.50 Å². The topological polar surface area (TPSA) is 23.5 Å². The first-order valence-electron chi connectivity index (χ1n) is 8.06. The van der Waals surface area contributed by atoms with E-state index in [0.717, 1.165) is 24.0 Å².